The number of carbonyl (C=O) groups excluding carboxylic acids is 2. The summed E-state index contributed by atoms with van der Waals surface area (Å²) < 4.78 is 10.4. The van der Waals surface area contributed by atoms with Gasteiger partial charge in [-0.1, -0.05) is 23.2 Å². The number of carbonyl (C=O) groups is 2. The number of halogens is 2. The van der Waals surface area contributed by atoms with Gasteiger partial charge in [-0.25, -0.2) is 5.43 Å². The number of hydrogen-bond acceptors (Lipinski definition) is 5. The Hall–Kier alpha value is -2.77. The molecule has 3 rings (SSSR count). The maximum absolute atomic E-state index is 11.8. The van der Waals surface area contributed by atoms with Crippen molar-refractivity contribution in [2.24, 2.45) is 5.10 Å². The number of anilines is 1. The number of fused-ring (bicyclic) bond motifs is 1. The zero-order valence-corrected chi connectivity index (χ0v) is 14.1. The van der Waals surface area contributed by atoms with E-state index in [9.17, 15) is 9.59 Å². The Morgan fingerprint density at radius 2 is 1.80 bits per heavy atom. The first-order valence-corrected chi connectivity index (χ1v) is 7.77. The molecule has 0 radical (unpaired) electrons. The summed E-state index contributed by atoms with van der Waals surface area (Å²) in [6.45, 7) is 0.168. The second kappa shape index (κ2) is 7.42. The van der Waals surface area contributed by atoms with Crippen LogP contribution in [-0.2, 0) is 9.59 Å². The van der Waals surface area contributed by atoms with Crippen molar-refractivity contribution in [3.63, 3.8) is 0 Å². The molecule has 0 atom stereocenters. The maximum Gasteiger partial charge on any atom is 0.329 e. The first kappa shape index (κ1) is 17.1. The minimum atomic E-state index is -0.928. The number of hydrazone groups is 1. The number of benzene rings is 2. The third-order valence-electron chi connectivity index (χ3n) is 3.16. The monoisotopic (exact) mass is 379 g/mol. The molecule has 2 N–H and O–H groups in total. The van der Waals surface area contributed by atoms with Gasteiger partial charge in [0.1, 0.15) is 0 Å². The molecular formula is C16H11Cl2N3O4. The smallest absolute Gasteiger partial charge is 0.329 e. The Labute approximate surface area is 152 Å². The van der Waals surface area contributed by atoms with Crippen molar-refractivity contribution >= 4 is 46.9 Å². The number of rotatable bonds is 3. The fraction of sp³-hybridized carbons (Fsp3) is 0.0625. The SMILES string of the molecule is O=C(N/N=C/c1ccc2c(c1)OCO2)C(=O)Nc1ccc(Cl)c(Cl)c1. The zero-order chi connectivity index (χ0) is 17.8. The van der Waals surface area contributed by atoms with Crippen LogP contribution >= 0.6 is 23.2 Å². The molecule has 7 nitrogen and oxygen atoms in total. The number of nitrogens with zero attached hydrogens (tertiary/aromatic N) is 1. The van der Waals surface area contributed by atoms with Gasteiger partial charge in [0, 0.05) is 5.69 Å². The highest BCUT2D eigenvalue weighted by molar-refractivity contribution is 6.42. The van der Waals surface area contributed by atoms with E-state index in [-0.39, 0.29) is 11.8 Å². The molecule has 128 valence electrons. The van der Waals surface area contributed by atoms with Gasteiger partial charge in [0.25, 0.3) is 0 Å². The molecule has 0 fully saturated rings. The number of amides is 2. The lowest BCUT2D eigenvalue weighted by molar-refractivity contribution is -0.136. The van der Waals surface area contributed by atoms with Crippen LogP contribution in [0.15, 0.2) is 41.5 Å². The molecule has 0 unspecified atom stereocenters. The molecule has 2 aromatic carbocycles. The lowest BCUT2D eigenvalue weighted by Crippen LogP contribution is -2.32. The van der Waals surface area contributed by atoms with Gasteiger partial charge in [-0.15, -0.1) is 0 Å². The second-order valence-electron chi connectivity index (χ2n) is 4.89. The summed E-state index contributed by atoms with van der Waals surface area (Å²) in [7, 11) is 0. The highest BCUT2D eigenvalue weighted by Crippen LogP contribution is 2.32. The second-order valence-corrected chi connectivity index (χ2v) is 5.71. The van der Waals surface area contributed by atoms with Crippen molar-refractivity contribution in [2.45, 2.75) is 0 Å². The maximum atomic E-state index is 11.8. The van der Waals surface area contributed by atoms with Gasteiger partial charge in [-0.2, -0.15) is 5.10 Å². The van der Waals surface area contributed by atoms with E-state index in [0.29, 0.717) is 27.8 Å². The molecule has 0 bridgehead atoms. The molecule has 9 heteroatoms. The summed E-state index contributed by atoms with van der Waals surface area (Å²) in [6.07, 6.45) is 1.38. The largest absolute Gasteiger partial charge is 0.454 e. The summed E-state index contributed by atoms with van der Waals surface area (Å²) in [5.41, 5.74) is 3.15. The van der Waals surface area contributed by atoms with Crippen molar-refractivity contribution in [3.05, 3.63) is 52.0 Å². The van der Waals surface area contributed by atoms with E-state index in [0.717, 1.165) is 0 Å². The van der Waals surface area contributed by atoms with E-state index in [1.54, 1.807) is 18.2 Å². The van der Waals surface area contributed by atoms with Crippen LogP contribution in [0.1, 0.15) is 5.56 Å². The molecule has 2 aromatic rings. The van der Waals surface area contributed by atoms with Gasteiger partial charge in [-0.05, 0) is 42.0 Å². The van der Waals surface area contributed by atoms with Gasteiger partial charge in [0.15, 0.2) is 11.5 Å². The quantitative estimate of drug-likeness (QED) is 0.487. The van der Waals surface area contributed by atoms with E-state index in [1.807, 2.05) is 0 Å². The lowest BCUT2D eigenvalue weighted by Gasteiger charge is -2.05. The van der Waals surface area contributed by atoms with Gasteiger partial charge >= 0.3 is 11.8 Å². The van der Waals surface area contributed by atoms with Crippen molar-refractivity contribution in [3.8, 4) is 11.5 Å². The molecule has 0 aliphatic carbocycles. The van der Waals surface area contributed by atoms with Crippen LogP contribution < -0.4 is 20.2 Å². The summed E-state index contributed by atoms with van der Waals surface area (Å²) in [6, 6.07) is 9.63. The van der Waals surface area contributed by atoms with Crippen molar-refractivity contribution < 1.29 is 19.1 Å². The van der Waals surface area contributed by atoms with E-state index < -0.39 is 11.8 Å². The Balaban J connectivity index is 1.56. The predicted molar refractivity (Wildman–Crippen MR) is 93.4 cm³/mol. The summed E-state index contributed by atoms with van der Waals surface area (Å²) in [4.78, 5) is 23.5. The van der Waals surface area contributed by atoms with Gasteiger partial charge in [0.2, 0.25) is 6.79 Å². The van der Waals surface area contributed by atoms with Gasteiger partial charge in [-0.3, -0.25) is 9.59 Å². The standard InChI is InChI=1S/C16H11Cl2N3O4/c17-11-3-2-10(6-12(11)18)20-15(22)16(23)21-19-7-9-1-4-13-14(5-9)25-8-24-13/h1-7H,8H2,(H,20,22)(H,21,23)/b19-7+. The van der Waals surface area contributed by atoms with Crippen LogP contribution in [0, 0.1) is 0 Å². The molecule has 2 amide bonds. The zero-order valence-electron chi connectivity index (χ0n) is 12.6. The molecule has 0 saturated heterocycles. The molecule has 1 heterocycles. The molecule has 1 aliphatic rings. The topological polar surface area (TPSA) is 89.0 Å². The summed E-state index contributed by atoms with van der Waals surface area (Å²) in [5.74, 6) is -0.584. The molecular weight excluding hydrogens is 369 g/mol. The molecule has 1 aliphatic heterocycles. The highest BCUT2D eigenvalue weighted by atomic mass is 35.5. The van der Waals surface area contributed by atoms with E-state index >= 15 is 0 Å². The van der Waals surface area contributed by atoms with Crippen LogP contribution in [0.5, 0.6) is 11.5 Å². The van der Waals surface area contributed by atoms with Crippen molar-refractivity contribution in [1.29, 1.82) is 0 Å². The van der Waals surface area contributed by atoms with Crippen molar-refractivity contribution in [2.75, 3.05) is 12.1 Å². The average molecular weight is 380 g/mol. The van der Waals surface area contributed by atoms with E-state index in [2.05, 4.69) is 15.8 Å². The Morgan fingerprint density at radius 1 is 1.00 bits per heavy atom. The van der Waals surface area contributed by atoms with Crippen molar-refractivity contribution in [1.82, 2.24) is 5.43 Å². The number of nitrogens with one attached hydrogen (secondary N) is 2. The first-order chi connectivity index (χ1) is 12.0. The fourth-order valence-corrected chi connectivity index (χ4v) is 2.27. The van der Waals surface area contributed by atoms with Gasteiger partial charge < -0.3 is 14.8 Å². The number of hydrogen-bond donors (Lipinski definition) is 2. The fourth-order valence-electron chi connectivity index (χ4n) is 1.97. The highest BCUT2D eigenvalue weighted by Gasteiger charge is 2.14. The van der Waals surface area contributed by atoms with Crippen LogP contribution in [0.3, 0.4) is 0 Å². The predicted octanol–water partition coefficient (Wildman–Crippen LogP) is 2.81. The minimum Gasteiger partial charge on any atom is -0.454 e. The normalized spacial score (nSPS) is 12.2. The van der Waals surface area contributed by atoms with Crippen LogP contribution in [-0.4, -0.2) is 24.8 Å². The van der Waals surface area contributed by atoms with Crippen LogP contribution in [0.4, 0.5) is 5.69 Å². The molecule has 0 aromatic heterocycles. The first-order valence-electron chi connectivity index (χ1n) is 7.02. The summed E-state index contributed by atoms with van der Waals surface area (Å²) in [5, 5.41) is 6.73. The lowest BCUT2D eigenvalue weighted by atomic mass is 10.2. The molecule has 0 saturated carbocycles. The van der Waals surface area contributed by atoms with Crippen LogP contribution in [0.25, 0.3) is 0 Å². The third-order valence-corrected chi connectivity index (χ3v) is 3.90. The summed E-state index contributed by atoms with van der Waals surface area (Å²) >= 11 is 11.6. The third kappa shape index (κ3) is 4.20. The molecule has 25 heavy (non-hydrogen) atoms. The Morgan fingerprint density at radius 3 is 2.60 bits per heavy atom. The number of ether oxygens (including phenoxy) is 2. The average Bonchev–Trinajstić information content (AvgIpc) is 3.05. The molecule has 0 spiro atoms. The minimum absolute atomic E-state index is 0.168. The Bertz CT molecular complexity index is 870. The van der Waals surface area contributed by atoms with E-state index in [1.165, 1.54) is 24.4 Å². The van der Waals surface area contributed by atoms with Crippen LogP contribution in [0.2, 0.25) is 10.0 Å². The van der Waals surface area contributed by atoms with E-state index in [4.69, 9.17) is 32.7 Å². The van der Waals surface area contributed by atoms with Gasteiger partial charge in [0.05, 0.1) is 16.3 Å². The Kier molecular flexibility index (Phi) is 5.06.